The SMILES string of the molecule is C=C1CC2C[C@@H](C1=O)C2(C)C. The first-order valence-corrected chi connectivity index (χ1v) is 4.25. The van der Waals surface area contributed by atoms with Gasteiger partial charge in [-0.3, -0.25) is 4.79 Å². The van der Waals surface area contributed by atoms with E-state index >= 15 is 0 Å². The molecule has 3 aliphatic carbocycles. The summed E-state index contributed by atoms with van der Waals surface area (Å²) in [6.07, 6.45) is 2.06. The first kappa shape index (κ1) is 7.08. The van der Waals surface area contributed by atoms with Crippen molar-refractivity contribution in [2.45, 2.75) is 26.7 Å². The lowest BCUT2D eigenvalue weighted by molar-refractivity contribution is -0.140. The Bertz CT molecular complexity index is 237. The predicted octanol–water partition coefficient (Wildman–Crippen LogP) is 2.18. The number of fused-ring (bicyclic) bond motifs is 2. The van der Waals surface area contributed by atoms with Crippen molar-refractivity contribution in [3.63, 3.8) is 0 Å². The van der Waals surface area contributed by atoms with Crippen LogP contribution in [-0.2, 0) is 4.79 Å². The molecule has 0 aliphatic heterocycles. The predicted molar refractivity (Wildman–Crippen MR) is 44.1 cm³/mol. The Labute approximate surface area is 67.5 Å². The van der Waals surface area contributed by atoms with E-state index in [1.807, 2.05) is 0 Å². The van der Waals surface area contributed by atoms with Crippen LogP contribution >= 0.6 is 0 Å². The summed E-state index contributed by atoms with van der Waals surface area (Å²) >= 11 is 0. The first-order valence-electron chi connectivity index (χ1n) is 4.25. The number of hydrogen-bond donors (Lipinski definition) is 0. The number of carbonyl (C=O) groups excluding carboxylic acids is 1. The van der Waals surface area contributed by atoms with Crippen molar-refractivity contribution < 1.29 is 4.79 Å². The van der Waals surface area contributed by atoms with Crippen LogP contribution in [0.15, 0.2) is 12.2 Å². The Morgan fingerprint density at radius 3 is 2.55 bits per heavy atom. The molecule has 0 aromatic rings. The monoisotopic (exact) mass is 150 g/mol. The van der Waals surface area contributed by atoms with E-state index in [0.717, 1.165) is 24.3 Å². The molecular weight excluding hydrogens is 136 g/mol. The van der Waals surface area contributed by atoms with Crippen molar-refractivity contribution in [1.82, 2.24) is 0 Å². The number of allylic oxidation sites excluding steroid dienone is 1. The van der Waals surface area contributed by atoms with Crippen LogP contribution in [0, 0.1) is 17.3 Å². The minimum Gasteiger partial charge on any atom is -0.294 e. The topological polar surface area (TPSA) is 17.1 Å². The zero-order chi connectivity index (χ0) is 8.22. The van der Waals surface area contributed by atoms with E-state index in [0.29, 0.717) is 11.7 Å². The highest BCUT2D eigenvalue weighted by Gasteiger charge is 2.55. The molecule has 0 spiro atoms. The Balaban J connectivity index is 2.30. The minimum atomic E-state index is 0.276. The maximum absolute atomic E-state index is 11.5. The number of hydrogen-bond acceptors (Lipinski definition) is 1. The maximum atomic E-state index is 11.5. The van der Waals surface area contributed by atoms with Crippen LogP contribution in [0.25, 0.3) is 0 Å². The van der Waals surface area contributed by atoms with Crippen molar-refractivity contribution in [3.8, 4) is 0 Å². The molecule has 1 unspecified atom stereocenters. The molecule has 3 aliphatic rings. The molecule has 0 N–H and O–H groups in total. The van der Waals surface area contributed by atoms with Gasteiger partial charge in [0.05, 0.1) is 0 Å². The molecule has 60 valence electrons. The summed E-state index contributed by atoms with van der Waals surface area (Å²) in [5.74, 6) is 1.36. The zero-order valence-corrected chi connectivity index (χ0v) is 7.18. The van der Waals surface area contributed by atoms with Gasteiger partial charge in [-0.15, -0.1) is 0 Å². The van der Waals surface area contributed by atoms with Gasteiger partial charge in [0.1, 0.15) is 0 Å². The Kier molecular flexibility index (Phi) is 1.14. The molecule has 0 radical (unpaired) electrons. The molecule has 0 amide bonds. The summed E-state index contributed by atoms with van der Waals surface area (Å²) in [5, 5.41) is 0. The summed E-state index contributed by atoms with van der Waals surface area (Å²) < 4.78 is 0. The average molecular weight is 150 g/mol. The second-order valence-corrected chi connectivity index (χ2v) is 4.48. The largest absolute Gasteiger partial charge is 0.294 e. The van der Waals surface area contributed by atoms with E-state index in [9.17, 15) is 4.79 Å². The number of ketones is 1. The summed E-state index contributed by atoms with van der Waals surface area (Å²) in [6.45, 7) is 8.20. The smallest absolute Gasteiger partial charge is 0.161 e. The van der Waals surface area contributed by atoms with Crippen LogP contribution < -0.4 is 0 Å². The summed E-state index contributed by atoms with van der Waals surface area (Å²) in [5.41, 5.74) is 1.14. The zero-order valence-electron chi connectivity index (χ0n) is 7.18. The third kappa shape index (κ3) is 0.688. The Morgan fingerprint density at radius 1 is 1.55 bits per heavy atom. The molecule has 1 heteroatoms. The van der Waals surface area contributed by atoms with Crippen LogP contribution in [-0.4, -0.2) is 5.78 Å². The van der Waals surface area contributed by atoms with E-state index in [1.165, 1.54) is 0 Å². The molecule has 3 saturated carbocycles. The fourth-order valence-electron chi connectivity index (χ4n) is 2.45. The average Bonchev–Trinajstić information content (AvgIpc) is 1.93. The fraction of sp³-hybridized carbons (Fsp3) is 0.700. The number of Topliss-reactive ketones (excluding diaryl/α,β-unsaturated/α-hetero) is 1. The van der Waals surface area contributed by atoms with Crippen LogP contribution in [0.2, 0.25) is 0 Å². The highest BCUT2D eigenvalue weighted by molar-refractivity contribution is 5.99. The molecule has 1 nitrogen and oxygen atoms in total. The molecule has 0 saturated heterocycles. The third-order valence-electron chi connectivity index (χ3n) is 3.63. The maximum Gasteiger partial charge on any atom is 0.161 e. The van der Waals surface area contributed by atoms with E-state index in [-0.39, 0.29) is 5.41 Å². The number of carbonyl (C=O) groups is 1. The lowest BCUT2D eigenvalue weighted by Gasteiger charge is -2.55. The van der Waals surface area contributed by atoms with E-state index < -0.39 is 0 Å². The Morgan fingerprint density at radius 2 is 2.18 bits per heavy atom. The minimum absolute atomic E-state index is 0.276. The summed E-state index contributed by atoms with van der Waals surface area (Å²) in [7, 11) is 0. The van der Waals surface area contributed by atoms with Crippen LogP contribution in [0.5, 0.6) is 0 Å². The molecule has 0 heterocycles. The van der Waals surface area contributed by atoms with Crippen molar-refractivity contribution in [3.05, 3.63) is 12.2 Å². The van der Waals surface area contributed by atoms with Gasteiger partial charge in [0, 0.05) is 5.92 Å². The second-order valence-electron chi connectivity index (χ2n) is 4.48. The van der Waals surface area contributed by atoms with Gasteiger partial charge in [-0.25, -0.2) is 0 Å². The van der Waals surface area contributed by atoms with Gasteiger partial charge in [0.2, 0.25) is 0 Å². The van der Waals surface area contributed by atoms with Gasteiger partial charge < -0.3 is 0 Å². The second kappa shape index (κ2) is 1.77. The highest BCUT2D eigenvalue weighted by Crippen LogP contribution is 2.58. The van der Waals surface area contributed by atoms with Gasteiger partial charge in [-0.2, -0.15) is 0 Å². The lowest BCUT2D eigenvalue weighted by atomic mass is 9.47. The molecule has 3 fully saturated rings. The molecular formula is C10H14O. The van der Waals surface area contributed by atoms with Gasteiger partial charge in [0.15, 0.2) is 5.78 Å². The van der Waals surface area contributed by atoms with Gasteiger partial charge in [-0.05, 0) is 29.7 Å². The molecule has 11 heavy (non-hydrogen) atoms. The number of rotatable bonds is 0. The van der Waals surface area contributed by atoms with Crippen molar-refractivity contribution in [2.24, 2.45) is 17.3 Å². The highest BCUT2D eigenvalue weighted by atomic mass is 16.1. The molecule has 0 aromatic carbocycles. The molecule has 2 bridgehead atoms. The van der Waals surface area contributed by atoms with Gasteiger partial charge >= 0.3 is 0 Å². The standard InChI is InChI=1S/C10H14O/c1-6-4-7-5-8(9(6)11)10(7,2)3/h7-8H,1,4-5H2,2-3H3/t7?,8-/m0/s1. The van der Waals surface area contributed by atoms with Crippen LogP contribution in [0.1, 0.15) is 26.7 Å². The summed E-state index contributed by atoms with van der Waals surface area (Å²) in [6, 6.07) is 0. The first-order chi connectivity index (χ1) is 5.03. The van der Waals surface area contributed by atoms with Crippen molar-refractivity contribution in [1.29, 1.82) is 0 Å². The third-order valence-corrected chi connectivity index (χ3v) is 3.63. The molecule has 0 aromatic heterocycles. The quantitative estimate of drug-likeness (QED) is 0.484. The van der Waals surface area contributed by atoms with Crippen LogP contribution in [0.3, 0.4) is 0 Å². The van der Waals surface area contributed by atoms with Gasteiger partial charge in [-0.1, -0.05) is 20.4 Å². The molecule has 2 atom stereocenters. The summed E-state index contributed by atoms with van der Waals surface area (Å²) in [4.78, 5) is 11.5. The van der Waals surface area contributed by atoms with Gasteiger partial charge in [0.25, 0.3) is 0 Å². The van der Waals surface area contributed by atoms with Crippen molar-refractivity contribution in [2.75, 3.05) is 0 Å². The molecule has 3 rings (SSSR count). The van der Waals surface area contributed by atoms with E-state index in [1.54, 1.807) is 0 Å². The normalized spacial score (nSPS) is 40.2. The fourth-order valence-corrected chi connectivity index (χ4v) is 2.45. The van der Waals surface area contributed by atoms with E-state index in [2.05, 4.69) is 20.4 Å². The van der Waals surface area contributed by atoms with Crippen LogP contribution in [0.4, 0.5) is 0 Å². The van der Waals surface area contributed by atoms with E-state index in [4.69, 9.17) is 0 Å². The lowest BCUT2D eigenvalue weighted by Crippen LogP contribution is -2.53. The Hall–Kier alpha value is -0.590. The van der Waals surface area contributed by atoms with Crippen molar-refractivity contribution >= 4 is 5.78 Å².